The molecule has 1 aromatic rings. The second kappa shape index (κ2) is 7.98. The number of esters is 1. The van der Waals surface area contributed by atoms with Crippen LogP contribution in [-0.4, -0.2) is 37.1 Å². The van der Waals surface area contributed by atoms with Crippen LogP contribution in [0.1, 0.15) is 31.1 Å². The van der Waals surface area contributed by atoms with Gasteiger partial charge in [0.25, 0.3) is 0 Å². The fourth-order valence-corrected chi connectivity index (χ4v) is 2.31. The first kappa shape index (κ1) is 18.2. The van der Waals surface area contributed by atoms with Crippen LogP contribution in [0.2, 0.25) is 0 Å². The first-order valence-corrected chi connectivity index (χ1v) is 7.87. The highest BCUT2D eigenvalue weighted by Crippen LogP contribution is 2.23. The molecule has 22 heavy (non-hydrogen) atoms. The Bertz CT molecular complexity index is 564. The van der Waals surface area contributed by atoms with Gasteiger partial charge in [0.1, 0.15) is 0 Å². The fourth-order valence-electron chi connectivity index (χ4n) is 1.40. The standard InChI is InChI=1S/C16H21NO4S/c1-16(2,3)13(18)9-21-15(20)11-7-5-6-8-12(11)22-10-14(19)17-4/h5-8H,9-10H2,1-4H3,(H,17,19). The van der Waals surface area contributed by atoms with E-state index in [0.29, 0.717) is 10.5 Å². The summed E-state index contributed by atoms with van der Waals surface area (Å²) in [5.41, 5.74) is -0.188. The maximum Gasteiger partial charge on any atom is 0.339 e. The predicted molar refractivity (Wildman–Crippen MR) is 86.0 cm³/mol. The van der Waals surface area contributed by atoms with Crippen molar-refractivity contribution in [2.45, 2.75) is 25.7 Å². The third-order valence-electron chi connectivity index (χ3n) is 2.92. The number of ketones is 1. The molecule has 1 amide bonds. The second-order valence-corrected chi connectivity index (χ2v) is 6.72. The molecule has 1 aromatic carbocycles. The number of ether oxygens (including phenoxy) is 1. The molecule has 5 nitrogen and oxygen atoms in total. The Kier molecular flexibility index (Phi) is 6.61. The minimum absolute atomic E-state index is 0.129. The Labute approximate surface area is 134 Å². The molecule has 0 fully saturated rings. The Morgan fingerprint density at radius 3 is 2.41 bits per heavy atom. The molecule has 0 saturated heterocycles. The second-order valence-electron chi connectivity index (χ2n) is 5.71. The molecule has 1 rings (SSSR count). The summed E-state index contributed by atoms with van der Waals surface area (Å²) in [5, 5.41) is 2.52. The fraction of sp³-hybridized carbons (Fsp3) is 0.438. The van der Waals surface area contributed by atoms with Crippen LogP contribution >= 0.6 is 11.8 Å². The van der Waals surface area contributed by atoms with Gasteiger partial charge >= 0.3 is 5.97 Å². The summed E-state index contributed by atoms with van der Waals surface area (Å²) < 4.78 is 5.09. The maximum atomic E-state index is 12.1. The molecule has 0 aliphatic heterocycles. The Morgan fingerprint density at radius 1 is 1.18 bits per heavy atom. The molecule has 0 aliphatic carbocycles. The predicted octanol–water partition coefficient (Wildman–Crippen LogP) is 2.30. The summed E-state index contributed by atoms with van der Waals surface area (Å²) in [7, 11) is 1.56. The van der Waals surface area contributed by atoms with Crippen LogP contribution in [-0.2, 0) is 14.3 Å². The van der Waals surface area contributed by atoms with Crippen molar-refractivity contribution in [1.29, 1.82) is 0 Å². The average molecular weight is 323 g/mol. The lowest BCUT2D eigenvalue weighted by Gasteiger charge is -2.16. The molecular formula is C16H21NO4S. The zero-order chi connectivity index (χ0) is 16.8. The van der Waals surface area contributed by atoms with Gasteiger partial charge in [0, 0.05) is 17.4 Å². The van der Waals surface area contributed by atoms with Gasteiger partial charge in [0.2, 0.25) is 5.91 Å². The van der Waals surface area contributed by atoms with Crippen LogP contribution in [0.4, 0.5) is 0 Å². The molecule has 120 valence electrons. The summed E-state index contributed by atoms with van der Waals surface area (Å²) in [6.45, 7) is 5.07. The molecule has 0 spiro atoms. The van der Waals surface area contributed by atoms with E-state index >= 15 is 0 Å². The van der Waals surface area contributed by atoms with E-state index in [-0.39, 0.29) is 24.1 Å². The summed E-state index contributed by atoms with van der Waals surface area (Å²) in [6.07, 6.45) is 0. The number of hydrogen-bond donors (Lipinski definition) is 1. The molecule has 0 saturated carbocycles. The van der Waals surface area contributed by atoms with E-state index in [4.69, 9.17) is 4.74 Å². The van der Waals surface area contributed by atoms with E-state index in [2.05, 4.69) is 5.32 Å². The van der Waals surface area contributed by atoms with Crippen LogP contribution in [0.3, 0.4) is 0 Å². The number of thioether (sulfide) groups is 1. The highest BCUT2D eigenvalue weighted by Gasteiger charge is 2.23. The van der Waals surface area contributed by atoms with Gasteiger partial charge < -0.3 is 10.1 Å². The van der Waals surface area contributed by atoms with Crippen molar-refractivity contribution in [3.8, 4) is 0 Å². The van der Waals surface area contributed by atoms with Gasteiger partial charge in [-0.3, -0.25) is 9.59 Å². The minimum atomic E-state index is -0.558. The quantitative estimate of drug-likeness (QED) is 0.642. The zero-order valence-electron chi connectivity index (χ0n) is 13.3. The Morgan fingerprint density at radius 2 is 1.82 bits per heavy atom. The van der Waals surface area contributed by atoms with E-state index in [1.54, 1.807) is 52.1 Å². The van der Waals surface area contributed by atoms with Crippen molar-refractivity contribution >= 4 is 29.4 Å². The number of carbonyl (C=O) groups excluding carboxylic acids is 3. The van der Waals surface area contributed by atoms with E-state index in [9.17, 15) is 14.4 Å². The molecule has 0 radical (unpaired) electrons. The van der Waals surface area contributed by atoms with Crippen molar-refractivity contribution in [1.82, 2.24) is 5.32 Å². The smallest absolute Gasteiger partial charge is 0.339 e. The summed E-state index contributed by atoms with van der Waals surface area (Å²) in [4.78, 5) is 35.9. The van der Waals surface area contributed by atoms with Crippen LogP contribution in [0.5, 0.6) is 0 Å². The molecule has 0 aliphatic rings. The van der Waals surface area contributed by atoms with Gasteiger partial charge in [-0.25, -0.2) is 4.79 Å². The van der Waals surface area contributed by atoms with Crippen molar-refractivity contribution in [2.75, 3.05) is 19.4 Å². The molecule has 1 N–H and O–H groups in total. The van der Waals surface area contributed by atoms with Gasteiger partial charge in [0.15, 0.2) is 12.4 Å². The molecule has 0 unspecified atom stereocenters. The van der Waals surface area contributed by atoms with E-state index < -0.39 is 11.4 Å². The highest BCUT2D eigenvalue weighted by atomic mass is 32.2. The van der Waals surface area contributed by atoms with E-state index in [1.807, 2.05) is 0 Å². The molecule has 0 atom stereocenters. The molecular weight excluding hydrogens is 302 g/mol. The lowest BCUT2D eigenvalue weighted by Crippen LogP contribution is -2.26. The number of rotatable bonds is 6. The van der Waals surface area contributed by atoms with Gasteiger partial charge in [-0.15, -0.1) is 11.8 Å². The lowest BCUT2D eigenvalue weighted by atomic mass is 9.91. The van der Waals surface area contributed by atoms with Gasteiger partial charge in [0.05, 0.1) is 11.3 Å². The number of hydrogen-bond acceptors (Lipinski definition) is 5. The molecule has 0 bridgehead atoms. The monoisotopic (exact) mass is 323 g/mol. The van der Waals surface area contributed by atoms with Crippen LogP contribution < -0.4 is 5.32 Å². The average Bonchev–Trinajstić information content (AvgIpc) is 2.49. The molecule has 0 aromatic heterocycles. The third kappa shape index (κ3) is 5.52. The van der Waals surface area contributed by atoms with Crippen LogP contribution in [0.25, 0.3) is 0 Å². The summed E-state index contributed by atoms with van der Waals surface area (Å²) >= 11 is 1.25. The van der Waals surface area contributed by atoms with E-state index in [0.717, 1.165) is 0 Å². The first-order valence-electron chi connectivity index (χ1n) is 6.88. The number of benzene rings is 1. The molecule has 0 heterocycles. The number of nitrogens with one attached hydrogen (secondary N) is 1. The van der Waals surface area contributed by atoms with Gasteiger partial charge in [-0.05, 0) is 12.1 Å². The Balaban J connectivity index is 2.73. The molecule has 6 heteroatoms. The van der Waals surface area contributed by atoms with Crippen LogP contribution in [0.15, 0.2) is 29.2 Å². The minimum Gasteiger partial charge on any atom is -0.454 e. The largest absolute Gasteiger partial charge is 0.454 e. The zero-order valence-corrected chi connectivity index (χ0v) is 14.1. The van der Waals surface area contributed by atoms with Crippen molar-refractivity contribution in [2.24, 2.45) is 5.41 Å². The number of carbonyl (C=O) groups is 3. The Hall–Kier alpha value is -1.82. The summed E-state index contributed by atoms with van der Waals surface area (Å²) in [5.74, 6) is -0.619. The summed E-state index contributed by atoms with van der Waals surface area (Å²) in [6, 6.07) is 6.86. The maximum absolute atomic E-state index is 12.1. The van der Waals surface area contributed by atoms with E-state index in [1.165, 1.54) is 11.8 Å². The van der Waals surface area contributed by atoms with Crippen molar-refractivity contribution < 1.29 is 19.1 Å². The van der Waals surface area contributed by atoms with Crippen molar-refractivity contribution in [3.63, 3.8) is 0 Å². The number of Topliss-reactive ketones (excluding diaryl/α,β-unsaturated/α-hetero) is 1. The normalized spacial score (nSPS) is 10.9. The SMILES string of the molecule is CNC(=O)CSc1ccccc1C(=O)OCC(=O)C(C)(C)C. The third-order valence-corrected chi connectivity index (χ3v) is 3.99. The number of amides is 1. The highest BCUT2D eigenvalue weighted by molar-refractivity contribution is 8.00. The van der Waals surface area contributed by atoms with Gasteiger partial charge in [-0.1, -0.05) is 32.9 Å². The van der Waals surface area contributed by atoms with Crippen molar-refractivity contribution in [3.05, 3.63) is 29.8 Å². The van der Waals surface area contributed by atoms with Gasteiger partial charge in [-0.2, -0.15) is 0 Å². The first-order chi connectivity index (χ1) is 10.3. The lowest BCUT2D eigenvalue weighted by molar-refractivity contribution is -0.129. The van der Waals surface area contributed by atoms with Crippen LogP contribution in [0, 0.1) is 5.41 Å². The topological polar surface area (TPSA) is 72.5 Å².